The van der Waals surface area contributed by atoms with E-state index in [0.717, 1.165) is 38.6 Å². The molecule has 0 bridgehead atoms. The van der Waals surface area contributed by atoms with Crippen molar-refractivity contribution in [2.24, 2.45) is 5.41 Å². The summed E-state index contributed by atoms with van der Waals surface area (Å²) in [5.41, 5.74) is 0.0729. The number of anilines is 1. The van der Waals surface area contributed by atoms with E-state index >= 15 is 4.39 Å². The highest BCUT2D eigenvalue weighted by atomic mass is 19.1. The lowest BCUT2D eigenvalue weighted by Gasteiger charge is -2.44. The Balaban J connectivity index is 1.38. The van der Waals surface area contributed by atoms with Gasteiger partial charge in [-0.05, 0) is 76.7 Å². The van der Waals surface area contributed by atoms with E-state index in [1.807, 2.05) is 13.8 Å². The molecule has 10 heteroatoms. The van der Waals surface area contributed by atoms with Crippen molar-refractivity contribution >= 4 is 27.5 Å². The Morgan fingerprint density at radius 3 is 2.69 bits per heavy atom. The number of terminal acetylenes is 1. The van der Waals surface area contributed by atoms with Gasteiger partial charge in [0, 0.05) is 41.7 Å². The zero-order chi connectivity index (χ0) is 31.5. The van der Waals surface area contributed by atoms with Crippen LogP contribution >= 0.6 is 0 Å². The number of benzene rings is 2. The van der Waals surface area contributed by atoms with E-state index in [0.29, 0.717) is 42.3 Å². The molecular formula is C35H37F2N5O3. The highest BCUT2D eigenvalue weighted by molar-refractivity contribution is 6.03. The van der Waals surface area contributed by atoms with E-state index in [-0.39, 0.29) is 57.1 Å². The van der Waals surface area contributed by atoms with Crippen molar-refractivity contribution in [3.05, 3.63) is 47.7 Å². The maximum atomic E-state index is 16.8. The van der Waals surface area contributed by atoms with Crippen molar-refractivity contribution < 1.29 is 23.4 Å². The van der Waals surface area contributed by atoms with E-state index in [1.165, 1.54) is 30.5 Å². The van der Waals surface area contributed by atoms with Gasteiger partial charge >= 0.3 is 6.01 Å². The molecule has 2 aliphatic heterocycles. The largest absolute Gasteiger partial charge is 0.508 e. The molecule has 0 spiro atoms. The van der Waals surface area contributed by atoms with Gasteiger partial charge in [-0.3, -0.25) is 4.98 Å². The van der Waals surface area contributed by atoms with Crippen LogP contribution in [0.5, 0.6) is 11.8 Å². The first-order valence-electron chi connectivity index (χ1n) is 15.7. The van der Waals surface area contributed by atoms with Crippen LogP contribution in [0.25, 0.3) is 32.9 Å². The van der Waals surface area contributed by atoms with Crippen LogP contribution in [0.2, 0.25) is 0 Å². The summed E-state index contributed by atoms with van der Waals surface area (Å²) in [5.74, 6) is 1.43. The van der Waals surface area contributed by atoms with Gasteiger partial charge in [0.15, 0.2) is 5.82 Å². The molecule has 4 aromatic rings. The Kier molecular flexibility index (Phi) is 7.49. The second kappa shape index (κ2) is 11.4. The molecule has 7 rings (SSSR count). The van der Waals surface area contributed by atoms with Crippen LogP contribution in [0.4, 0.5) is 14.6 Å². The molecule has 0 unspecified atom stereocenters. The molecule has 234 valence electrons. The van der Waals surface area contributed by atoms with Crippen LogP contribution in [0.1, 0.15) is 51.5 Å². The Morgan fingerprint density at radius 1 is 1.13 bits per heavy atom. The standard InChI is InChI=1S/C35H37F2N5O3/c1-5-24-27(36)10-9-22-14-23(43)15-25(29(22)24)31-30(37)32-26(16-38-31)33(42-17-20(2)45-21(3)18-42)40-34(39-32)44-19-35-11-6-8-28(35)41(4)13-7-12-35/h1,9-10,14-16,20-21,28,43H,6-8,11-13,17-19H2,2-4H3/t20-,21+,28-,35-/m1/s1. The molecule has 45 heavy (non-hydrogen) atoms. The minimum atomic E-state index is -0.733. The quantitative estimate of drug-likeness (QED) is 0.272. The molecule has 0 amide bonds. The number of phenolic OH excluding ortho intramolecular Hbond substituents is 1. The lowest BCUT2D eigenvalue weighted by atomic mass is 9.76. The predicted octanol–water partition coefficient (Wildman–Crippen LogP) is 6.07. The third-order valence-corrected chi connectivity index (χ3v) is 9.88. The van der Waals surface area contributed by atoms with Gasteiger partial charge in [0.2, 0.25) is 0 Å². The predicted molar refractivity (Wildman–Crippen MR) is 169 cm³/mol. The highest BCUT2D eigenvalue weighted by Crippen LogP contribution is 2.47. The molecule has 2 aromatic carbocycles. The number of aromatic nitrogens is 3. The monoisotopic (exact) mass is 613 g/mol. The normalized spacial score (nSPS) is 25.4. The van der Waals surface area contributed by atoms with Crippen molar-refractivity contribution in [2.45, 2.75) is 64.2 Å². The molecule has 3 fully saturated rings. The van der Waals surface area contributed by atoms with Crippen LogP contribution in [0.3, 0.4) is 0 Å². The van der Waals surface area contributed by atoms with Crippen LogP contribution in [0.15, 0.2) is 30.5 Å². The molecule has 2 saturated heterocycles. The van der Waals surface area contributed by atoms with E-state index in [4.69, 9.17) is 20.9 Å². The van der Waals surface area contributed by atoms with Gasteiger partial charge in [0.25, 0.3) is 0 Å². The number of pyridine rings is 1. The summed E-state index contributed by atoms with van der Waals surface area (Å²) in [6.07, 6.45) is 12.6. The van der Waals surface area contributed by atoms with Crippen molar-refractivity contribution in [1.29, 1.82) is 0 Å². The molecule has 4 atom stereocenters. The maximum Gasteiger partial charge on any atom is 0.319 e. The fourth-order valence-electron chi connectivity index (χ4n) is 8.00. The SMILES string of the molecule is C#Cc1c(F)ccc2cc(O)cc(-c3ncc4c(N5C[C@@H](C)O[C@@H](C)C5)nc(OC[C@]56CCC[C@H]5N(C)CCC6)nc4c3F)c12. The van der Waals surface area contributed by atoms with Gasteiger partial charge in [-0.25, -0.2) is 8.78 Å². The minimum absolute atomic E-state index is 0.00556. The average Bonchev–Trinajstić information content (AvgIpc) is 3.45. The molecule has 1 aliphatic carbocycles. The summed E-state index contributed by atoms with van der Waals surface area (Å²) < 4.78 is 44.0. The second-order valence-electron chi connectivity index (χ2n) is 13.0. The average molecular weight is 614 g/mol. The number of fused-ring (bicyclic) bond motifs is 3. The Bertz CT molecular complexity index is 1830. The Morgan fingerprint density at radius 2 is 1.91 bits per heavy atom. The van der Waals surface area contributed by atoms with Gasteiger partial charge < -0.3 is 24.4 Å². The van der Waals surface area contributed by atoms with Gasteiger partial charge in [-0.15, -0.1) is 6.42 Å². The summed E-state index contributed by atoms with van der Waals surface area (Å²) in [6.45, 7) is 6.62. The van der Waals surface area contributed by atoms with Crippen LogP contribution < -0.4 is 9.64 Å². The molecule has 4 heterocycles. The van der Waals surface area contributed by atoms with Crippen LogP contribution in [-0.2, 0) is 4.74 Å². The second-order valence-corrected chi connectivity index (χ2v) is 13.0. The number of nitrogens with zero attached hydrogens (tertiary/aromatic N) is 5. The van der Waals surface area contributed by atoms with E-state index in [2.05, 4.69) is 32.7 Å². The fourth-order valence-corrected chi connectivity index (χ4v) is 8.00. The summed E-state index contributed by atoms with van der Waals surface area (Å²) in [4.78, 5) is 18.5. The van der Waals surface area contributed by atoms with Crippen LogP contribution in [0, 0.1) is 29.4 Å². The molecule has 0 radical (unpaired) electrons. The van der Waals surface area contributed by atoms with Gasteiger partial charge in [0.05, 0.1) is 29.8 Å². The van der Waals surface area contributed by atoms with Crippen LogP contribution in [-0.4, -0.2) is 76.5 Å². The van der Waals surface area contributed by atoms with E-state index < -0.39 is 11.6 Å². The molecule has 3 aliphatic rings. The van der Waals surface area contributed by atoms with Gasteiger partial charge in [-0.1, -0.05) is 18.4 Å². The molecular weight excluding hydrogens is 576 g/mol. The van der Waals surface area contributed by atoms with Gasteiger partial charge in [0.1, 0.15) is 28.6 Å². The third kappa shape index (κ3) is 5.12. The molecule has 2 aromatic heterocycles. The topological polar surface area (TPSA) is 83.8 Å². The van der Waals surface area contributed by atoms with Crippen molar-refractivity contribution in [2.75, 3.05) is 38.2 Å². The number of phenols is 1. The fraction of sp³-hybridized carbons (Fsp3) is 0.457. The Labute approximate surface area is 261 Å². The number of hydrogen-bond acceptors (Lipinski definition) is 8. The number of likely N-dealkylation sites (tertiary alicyclic amines) is 1. The Hall–Kier alpha value is -4.07. The molecule has 1 saturated carbocycles. The number of aromatic hydroxyl groups is 1. The number of morpholine rings is 1. The summed E-state index contributed by atoms with van der Waals surface area (Å²) in [5, 5.41) is 11.7. The van der Waals surface area contributed by atoms with Crippen molar-refractivity contribution in [3.8, 4) is 35.4 Å². The number of hydrogen-bond donors (Lipinski definition) is 1. The minimum Gasteiger partial charge on any atom is -0.508 e. The summed E-state index contributed by atoms with van der Waals surface area (Å²) in [7, 11) is 2.18. The summed E-state index contributed by atoms with van der Waals surface area (Å²) >= 11 is 0. The van der Waals surface area contributed by atoms with E-state index in [1.54, 1.807) is 0 Å². The van der Waals surface area contributed by atoms with Gasteiger partial charge in [-0.2, -0.15) is 9.97 Å². The van der Waals surface area contributed by atoms with Crippen molar-refractivity contribution in [3.63, 3.8) is 0 Å². The highest BCUT2D eigenvalue weighted by Gasteiger charge is 2.47. The number of piperidine rings is 1. The lowest BCUT2D eigenvalue weighted by molar-refractivity contribution is -0.00552. The zero-order valence-corrected chi connectivity index (χ0v) is 25.8. The number of rotatable bonds is 5. The smallest absolute Gasteiger partial charge is 0.319 e. The first-order valence-corrected chi connectivity index (χ1v) is 15.7. The third-order valence-electron chi connectivity index (χ3n) is 9.88. The van der Waals surface area contributed by atoms with Crippen molar-refractivity contribution in [1.82, 2.24) is 19.9 Å². The molecule has 1 N–H and O–H groups in total. The number of halogens is 2. The summed E-state index contributed by atoms with van der Waals surface area (Å²) in [6, 6.07) is 6.08. The van der Waals surface area contributed by atoms with E-state index in [9.17, 15) is 9.50 Å². The number of ether oxygens (including phenoxy) is 2. The first kappa shape index (κ1) is 29.6. The first-order chi connectivity index (χ1) is 21.7. The molecule has 8 nitrogen and oxygen atoms in total. The zero-order valence-electron chi connectivity index (χ0n) is 25.8. The lowest BCUT2D eigenvalue weighted by Crippen LogP contribution is -2.50. The maximum absolute atomic E-state index is 16.8.